The number of nitro benzene ring substituents is 1. The van der Waals surface area contributed by atoms with Crippen LogP contribution >= 0.6 is 0 Å². The number of rotatable bonds is 5. The fourth-order valence-corrected chi connectivity index (χ4v) is 2.77. The lowest BCUT2D eigenvalue weighted by Gasteiger charge is -2.10. The number of benzene rings is 3. The summed E-state index contributed by atoms with van der Waals surface area (Å²) in [5.74, 6) is -0.0220. The van der Waals surface area contributed by atoms with E-state index in [0.29, 0.717) is 6.07 Å². The van der Waals surface area contributed by atoms with Gasteiger partial charge in [0.25, 0.3) is 0 Å². The topological polar surface area (TPSA) is 64.7 Å². The molecule has 0 aromatic heterocycles. The Balaban J connectivity index is 1.79. The Morgan fingerprint density at radius 2 is 1.70 bits per heavy atom. The van der Waals surface area contributed by atoms with Gasteiger partial charge in [-0.1, -0.05) is 17.7 Å². The maximum atomic E-state index is 12.8. The predicted octanol–water partition coefficient (Wildman–Crippen LogP) is 6.77. The van der Waals surface area contributed by atoms with E-state index in [9.17, 15) is 23.3 Å². The van der Waals surface area contributed by atoms with Gasteiger partial charge in [0.2, 0.25) is 5.75 Å². The number of nitrogens with zero attached hydrogens (tertiary/aromatic N) is 2. The molecule has 3 rings (SSSR count). The number of aliphatic imine (C=N–C) groups is 1. The smallest absolute Gasteiger partial charge is 0.416 e. The molecule has 0 amide bonds. The average molecular weight is 414 g/mol. The molecule has 0 bridgehead atoms. The molecule has 3 aromatic carbocycles. The monoisotopic (exact) mass is 414 g/mol. The number of halogens is 3. The molecule has 0 saturated heterocycles. The summed E-state index contributed by atoms with van der Waals surface area (Å²) in [5, 5.41) is 11.2. The second kappa shape index (κ2) is 8.36. The fraction of sp³-hybridized carbons (Fsp3) is 0.136. The highest BCUT2D eigenvalue weighted by Crippen LogP contribution is 2.37. The molecule has 0 N–H and O–H groups in total. The van der Waals surface area contributed by atoms with Gasteiger partial charge >= 0.3 is 11.9 Å². The Hall–Kier alpha value is -3.68. The molecule has 0 fully saturated rings. The third-order valence-electron chi connectivity index (χ3n) is 4.30. The highest BCUT2D eigenvalue weighted by atomic mass is 19.4. The van der Waals surface area contributed by atoms with Crippen LogP contribution in [0, 0.1) is 24.0 Å². The molecular weight excluding hydrogens is 397 g/mol. The summed E-state index contributed by atoms with van der Waals surface area (Å²) in [7, 11) is 0. The van der Waals surface area contributed by atoms with E-state index >= 15 is 0 Å². The van der Waals surface area contributed by atoms with Crippen molar-refractivity contribution in [2.75, 3.05) is 0 Å². The van der Waals surface area contributed by atoms with Crippen molar-refractivity contribution >= 4 is 17.6 Å². The Morgan fingerprint density at radius 1 is 1.00 bits per heavy atom. The van der Waals surface area contributed by atoms with Crippen LogP contribution in [0.25, 0.3) is 0 Å². The van der Waals surface area contributed by atoms with Gasteiger partial charge in [-0.2, -0.15) is 13.2 Å². The average Bonchev–Trinajstić information content (AvgIpc) is 2.68. The van der Waals surface area contributed by atoms with E-state index in [-0.39, 0.29) is 11.5 Å². The van der Waals surface area contributed by atoms with Crippen molar-refractivity contribution < 1.29 is 22.8 Å². The lowest BCUT2D eigenvalue weighted by atomic mass is 10.1. The van der Waals surface area contributed by atoms with Gasteiger partial charge in [0.05, 0.1) is 16.2 Å². The summed E-state index contributed by atoms with van der Waals surface area (Å²) in [6.07, 6.45) is -3.01. The van der Waals surface area contributed by atoms with E-state index in [1.54, 1.807) is 30.5 Å². The number of nitro groups is 1. The van der Waals surface area contributed by atoms with E-state index < -0.39 is 22.4 Å². The number of aryl methyl sites for hydroxylation is 2. The van der Waals surface area contributed by atoms with Gasteiger partial charge in [0.1, 0.15) is 5.75 Å². The number of ether oxygens (including phenoxy) is 1. The van der Waals surface area contributed by atoms with Crippen LogP contribution in [0.5, 0.6) is 11.5 Å². The maximum Gasteiger partial charge on any atom is 0.416 e. The summed E-state index contributed by atoms with van der Waals surface area (Å²) in [4.78, 5) is 14.7. The minimum absolute atomic E-state index is 0.251. The third-order valence-corrected chi connectivity index (χ3v) is 4.30. The van der Waals surface area contributed by atoms with Gasteiger partial charge < -0.3 is 4.74 Å². The van der Waals surface area contributed by atoms with Crippen LogP contribution in [0.1, 0.15) is 22.3 Å². The first kappa shape index (κ1) is 21.0. The van der Waals surface area contributed by atoms with E-state index in [1.807, 2.05) is 32.0 Å². The highest BCUT2D eigenvalue weighted by molar-refractivity contribution is 5.82. The molecule has 154 valence electrons. The van der Waals surface area contributed by atoms with Crippen molar-refractivity contribution in [2.24, 2.45) is 4.99 Å². The molecule has 0 aliphatic heterocycles. The van der Waals surface area contributed by atoms with E-state index in [0.717, 1.165) is 34.5 Å². The molecular formula is C22H17F3N2O3. The maximum absolute atomic E-state index is 12.8. The normalized spacial score (nSPS) is 11.6. The zero-order valence-corrected chi connectivity index (χ0v) is 16.1. The Labute approximate surface area is 170 Å². The van der Waals surface area contributed by atoms with Gasteiger partial charge in [-0.25, -0.2) is 0 Å². The number of hydrogen-bond acceptors (Lipinski definition) is 4. The van der Waals surface area contributed by atoms with Gasteiger partial charge in [0, 0.05) is 12.3 Å². The van der Waals surface area contributed by atoms with E-state index in [2.05, 4.69) is 4.99 Å². The first-order valence-electron chi connectivity index (χ1n) is 8.88. The second-order valence-corrected chi connectivity index (χ2v) is 6.66. The molecule has 0 spiro atoms. The van der Waals surface area contributed by atoms with Crippen LogP contribution < -0.4 is 4.74 Å². The van der Waals surface area contributed by atoms with Crippen molar-refractivity contribution in [1.29, 1.82) is 0 Å². The summed E-state index contributed by atoms with van der Waals surface area (Å²) < 4.78 is 43.8. The zero-order valence-electron chi connectivity index (χ0n) is 16.1. The summed E-state index contributed by atoms with van der Waals surface area (Å²) in [6.45, 7) is 3.97. The van der Waals surface area contributed by atoms with Crippen molar-refractivity contribution in [1.82, 2.24) is 0 Å². The lowest BCUT2D eigenvalue weighted by Crippen LogP contribution is -2.06. The third kappa shape index (κ3) is 5.02. The van der Waals surface area contributed by atoms with Crippen LogP contribution in [0.3, 0.4) is 0 Å². The first-order chi connectivity index (χ1) is 14.1. The molecule has 0 aliphatic carbocycles. The van der Waals surface area contributed by atoms with Gasteiger partial charge in [-0.05, 0) is 67.4 Å². The fourth-order valence-electron chi connectivity index (χ4n) is 2.77. The Bertz CT molecular complexity index is 1110. The molecule has 0 heterocycles. The quantitative estimate of drug-likeness (QED) is 0.263. The van der Waals surface area contributed by atoms with Crippen LogP contribution in [0.2, 0.25) is 0 Å². The van der Waals surface area contributed by atoms with Gasteiger partial charge in [0.15, 0.2) is 0 Å². The molecule has 0 aliphatic rings. The zero-order chi connectivity index (χ0) is 21.9. The first-order valence-corrected chi connectivity index (χ1v) is 8.88. The van der Waals surface area contributed by atoms with E-state index in [1.165, 1.54) is 0 Å². The highest BCUT2D eigenvalue weighted by Gasteiger charge is 2.33. The minimum Gasteiger partial charge on any atom is -0.450 e. The summed E-state index contributed by atoms with van der Waals surface area (Å²) >= 11 is 0. The molecule has 0 atom stereocenters. The largest absolute Gasteiger partial charge is 0.450 e. The molecule has 30 heavy (non-hydrogen) atoms. The van der Waals surface area contributed by atoms with Gasteiger partial charge in [-0.3, -0.25) is 15.1 Å². The van der Waals surface area contributed by atoms with Crippen molar-refractivity contribution in [3.63, 3.8) is 0 Å². The van der Waals surface area contributed by atoms with Crippen LogP contribution in [0.15, 0.2) is 65.7 Å². The van der Waals surface area contributed by atoms with Crippen molar-refractivity contribution in [2.45, 2.75) is 20.0 Å². The Morgan fingerprint density at radius 3 is 2.30 bits per heavy atom. The number of alkyl halides is 3. The molecule has 8 heteroatoms. The molecule has 0 unspecified atom stereocenters. The molecule has 0 radical (unpaired) electrons. The van der Waals surface area contributed by atoms with Crippen LogP contribution in [-0.4, -0.2) is 11.1 Å². The van der Waals surface area contributed by atoms with Crippen molar-refractivity contribution in [3.05, 3.63) is 93.0 Å². The van der Waals surface area contributed by atoms with Crippen molar-refractivity contribution in [3.8, 4) is 11.5 Å². The minimum atomic E-state index is -4.68. The standard InChI is InChI=1S/C22H17F3N2O3/c1-14-3-9-19(15(2)11-14)26-13-16-4-7-18(8-5-16)30-21-10-6-17(22(23,24)25)12-20(21)27(28)29/h3-13H,1-2H3. The SMILES string of the molecule is Cc1ccc(N=Cc2ccc(Oc3ccc(C(F)(F)F)cc3[N+](=O)[O-])cc2)c(C)c1. The Kier molecular flexibility index (Phi) is 5.86. The molecule has 3 aromatic rings. The summed E-state index contributed by atoms with van der Waals surface area (Å²) in [6, 6.07) is 14.6. The summed E-state index contributed by atoms with van der Waals surface area (Å²) in [5.41, 5.74) is 1.92. The van der Waals surface area contributed by atoms with E-state index in [4.69, 9.17) is 4.74 Å². The van der Waals surface area contributed by atoms with Gasteiger partial charge in [-0.15, -0.1) is 0 Å². The lowest BCUT2D eigenvalue weighted by molar-refractivity contribution is -0.385. The molecule has 0 saturated carbocycles. The predicted molar refractivity (Wildman–Crippen MR) is 108 cm³/mol. The molecule has 5 nitrogen and oxygen atoms in total. The second-order valence-electron chi connectivity index (χ2n) is 6.66. The van der Waals surface area contributed by atoms with Crippen LogP contribution in [-0.2, 0) is 6.18 Å². The van der Waals surface area contributed by atoms with Crippen LogP contribution in [0.4, 0.5) is 24.5 Å². The number of hydrogen-bond donors (Lipinski definition) is 0.